The average molecular weight is 445 g/mol. The van der Waals surface area contributed by atoms with Gasteiger partial charge in [0, 0.05) is 29.5 Å². The van der Waals surface area contributed by atoms with Crippen molar-refractivity contribution in [2.75, 3.05) is 11.9 Å². The fourth-order valence-electron chi connectivity index (χ4n) is 3.08. The van der Waals surface area contributed by atoms with E-state index in [1.165, 1.54) is 0 Å². The summed E-state index contributed by atoms with van der Waals surface area (Å²) in [4.78, 5) is 36.9. The van der Waals surface area contributed by atoms with Gasteiger partial charge in [0.25, 0.3) is 5.91 Å². The van der Waals surface area contributed by atoms with Crippen LogP contribution in [-0.4, -0.2) is 29.9 Å². The van der Waals surface area contributed by atoms with Gasteiger partial charge in [0.2, 0.25) is 5.91 Å². The first kappa shape index (κ1) is 20.1. The third-order valence-corrected chi connectivity index (χ3v) is 5.17. The van der Waals surface area contributed by atoms with Crippen molar-refractivity contribution in [1.82, 2.24) is 5.32 Å². The molecular weight excluding hydrogens is 424 g/mol. The highest BCUT2D eigenvalue weighted by Gasteiger charge is 2.42. The third kappa shape index (κ3) is 4.42. The van der Waals surface area contributed by atoms with Crippen LogP contribution < -0.4 is 10.6 Å². The molecule has 7 heteroatoms. The van der Waals surface area contributed by atoms with Gasteiger partial charge in [0.05, 0.1) is 5.56 Å². The number of rotatable bonds is 5. The van der Waals surface area contributed by atoms with Crippen LogP contribution in [0.2, 0.25) is 0 Å². The second-order valence-corrected chi connectivity index (χ2v) is 7.88. The van der Waals surface area contributed by atoms with Gasteiger partial charge in [-0.2, -0.15) is 0 Å². The summed E-state index contributed by atoms with van der Waals surface area (Å²) in [5.41, 5.74) is 1.63. The monoisotopic (exact) mass is 444 g/mol. The summed E-state index contributed by atoms with van der Waals surface area (Å²) in [5, 5.41) is 5.53. The van der Waals surface area contributed by atoms with Gasteiger partial charge >= 0.3 is 5.97 Å². The van der Waals surface area contributed by atoms with E-state index in [0.717, 1.165) is 21.3 Å². The third-order valence-electron chi connectivity index (χ3n) is 4.67. The first-order chi connectivity index (χ1) is 13.3. The minimum absolute atomic E-state index is 0.109. The van der Waals surface area contributed by atoms with Gasteiger partial charge in [-0.1, -0.05) is 40.2 Å². The highest BCUT2D eigenvalue weighted by Crippen LogP contribution is 2.28. The molecule has 0 aromatic heterocycles. The van der Waals surface area contributed by atoms with Crippen LogP contribution in [0.25, 0.3) is 0 Å². The van der Waals surface area contributed by atoms with Gasteiger partial charge in [0.1, 0.15) is 0 Å². The number of ether oxygens (including phenoxy) is 1. The zero-order valence-corrected chi connectivity index (χ0v) is 17.3. The van der Waals surface area contributed by atoms with Crippen molar-refractivity contribution in [3.63, 3.8) is 0 Å². The number of fused-ring (bicyclic) bond motifs is 1. The van der Waals surface area contributed by atoms with Gasteiger partial charge < -0.3 is 15.4 Å². The number of amides is 2. The van der Waals surface area contributed by atoms with Crippen LogP contribution in [0.3, 0.4) is 0 Å². The summed E-state index contributed by atoms with van der Waals surface area (Å²) in [7, 11) is 0. The number of carbonyl (C=O) groups excluding carboxylic acids is 3. The molecule has 0 aliphatic carbocycles. The normalized spacial score (nSPS) is 18.0. The van der Waals surface area contributed by atoms with E-state index in [1.807, 2.05) is 37.3 Å². The Hall–Kier alpha value is -2.67. The SMILES string of the molecule is Cc1ccc(Br)cc1NC(=O)CCNC(=O)C1(C)Cc2ccccc2C(=O)O1. The van der Waals surface area contributed by atoms with E-state index >= 15 is 0 Å². The maximum absolute atomic E-state index is 12.6. The Morgan fingerprint density at radius 2 is 1.96 bits per heavy atom. The van der Waals surface area contributed by atoms with E-state index in [-0.39, 0.29) is 18.9 Å². The van der Waals surface area contributed by atoms with Gasteiger partial charge in [-0.15, -0.1) is 0 Å². The Morgan fingerprint density at radius 3 is 2.75 bits per heavy atom. The van der Waals surface area contributed by atoms with Crippen LogP contribution in [0, 0.1) is 6.92 Å². The summed E-state index contributed by atoms with van der Waals surface area (Å²) >= 11 is 3.37. The molecule has 0 spiro atoms. The highest BCUT2D eigenvalue weighted by molar-refractivity contribution is 9.10. The summed E-state index contributed by atoms with van der Waals surface area (Å²) in [6, 6.07) is 12.7. The van der Waals surface area contributed by atoms with E-state index in [2.05, 4.69) is 26.6 Å². The number of nitrogens with one attached hydrogen (secondary N) is 2. The number of carbonyl (C=O) groups is 3. The topological polar surface area (TPSA) is 84.5 Å². The molecule has 3 rings (SSSR count). The van der Waals surface area contributed by atoms with Crippen LogP contribution in [0.1, 0.15) is 34.8 Å². The molecule has 1 aliphatic rings. The number of aryl methyl sites for hydroxylation is 1. The molecule has 2 aromatic carbocycles. The molecule has 2 N–H and O–H groups in total. The molecule has 2 aromatic rings. The van der Waals surface area contributed by atoms with Gasteiger partial charge in [-0.05, 0) is 43.2 Å². The van der Waals surface area contributed by atoms with Crippen LogP contribution in [0.4, 0.5) is 5.69 Å². The second-order valence-electron chi connectivity index (χ2n) is 6.97. The maximum Gasteiger partial charge on any atom is 0.339 e. The predicted molar refractivity (Wildman–Crippen MR) is 109 cm³/mol. The van der Waals surface area contributed by atoms with E-state index < -0.39 is 17.5 Å². The van der Waals surface area contributed by atoms with Crippen molar-refractivity contribution >= 4 is 39.4 Å². The number of cyclic esters (lactones) is 1. The minimum Gasteiger partial charge on any atom is -0.445 e. The molecule has 0 saturated carbocycles. The molecule has 0 saturated heterocycles. The fraction of sp³-hybridized carbons (Fsp3) is 0.286. The number of hydrogen-bond acceptors (Lipinski definition) is 4. The molecule has 1 heterocycles. The maximum atomic E-state index is 12.6. The standard InChI is InChI=1S/C21H21BrN2O4/c1-13-7-8-15(22)11-17(13)24-18(25)9-10-23-20(27)21(2)12-14-5-3-4-6-16(14)19(26)28-21/h3-8,11H,9-10,12H2,1-2H3,(H,23,27)(H,24,25). The summed E-state index contributed by atoms with van der Waals surface area (Å²) in [5.74, 6) is -1.14. The van der Waals surface area contributed by atoms with Crippen LogP contribution in [0.15, 0.2) is 46.9 Å². The second kappa shape index (κ2) is 8.14. The Bertz CT molecular complexity index is 944. The van der Waals surface area contributed by atoms with Crippen molar-refractivity contribution in [2.45, 2.75) is 32.3 Å². The number of halogens is 1. The summed E-state index contributed by atoms with van der Waals surface area (Å²) in [6.07, 6.45) is 0.405. The van der Waals surface area contributed by atoms with E-state index in [4.69, 9.17) is 4.74 Å². The van der Waals surface area contributed by atoms with Crippen LogP contribution in [-0.2, 0) is 20.7 Å². The zero-order chi connectivity index (χ0) is 20.3. The van der Waals surface area contributed by atoms with Crippen molar-refractivity contribution in [3.05, 3.63) is 63.6 Å². The molecule has 0 radical (unpaired) electrons. The lowest BCUT2D eigenvalue weighted by molar-refractivity contribution is -0.139. The Kier molecular flexibility index (Phi) is 5.84. The first-order valence-electron chi connectivity index (χ1n) is 8.94. The molecule has 6 nitrogen and oxygen atoms in total. The number of anilines is 1. The first-order valence-corrected chi connectivity index (χ1v) is 9.73. The largest absolute Gasteiger partial charge is 0.445 e. The minimum atomic E-state index is -1.29. The molecule has 0 bridgehead atoms. The lowest BCUT2D eigenvalue weighted by Gasteiger charge is -2.33. The quantitative estimate of drug-likeness (QED) is 0.692. The zero-order valence-electron chi connectivity index (χ0n) is 15.7. The van der Waals surface area contributed by atoms with Crippen molar-refractivity contribution in [3.8, 4) is 0 Å². The molecule has 28 heavy (non-hydrogen) atoms. The molecule has 0 fully saturated rings. The lowest BCUT2D eigenvalue weighted by Crippen LogP contribution is -2.52. The molecule has 1 atom stereocenters. The van der Waals surface area contributed by atoms with Crippen molar-refractivity contribution in [1.29, 1.82) is 0 Å². The smallest absolute Gasteiger partial charge is 0.339 e. The summed E-state index contributed by atoms with van der Waals surface area (Å²) in [6.45, 7) is 3.63. The Labute approximate surface area is 171 Å². The molecule has 2 amide bonds. The van der Waals surface area contributed by atoms with Gasteiger partial charge in [-0.25, -0.2) is 4.79 Å². The predicted octanol–water partition coefficient (Wildman–Crippen LogP) is 3.37. The number of hydrogen-bond donors (Lipinski definition) is 2. The molecule has 1 unspecified atom stereocenters. The Morgan fingerprint density at radius 1 is 1.21 bits per heavy atom. The molecule has 1 aliphatic heterocycles. The summed E-state index contributed by atoms with van der Waals surface area (Å²) < 4.78 is 6.26. The molecular formula is C21H21BrN2O4. The highest BCUT2D eigenvalue weighted by atomic mass is 79.9. The average Bonchev–Trinajstić information content (AvgIpc) is 2.64. The van der Waals surface area contributed by atoms with Crippen molar-refractivity contribution < 1.29 is 19.1 Å². The number of benzene rings is 2. The van der Waals surface area contributed by atoms with Gasteiger partial charge in [0.15, 0.2) is 5.60 Å². The molecule has 146 valence electrons. The van der Waals surface area contributed by atoms with Crippen LogP contribution in [0.5, 0.6) is 0 Å². The van der Waals surface area contributed by atoms with Gasteiger partial charge in [-0.3, -0.25) is 9.59 Å². The Balaban J connectivity index is 1.55. The van der Waals surface area contributed by atoms with E-state index in [1.54, 1.807) is 19.1 Å². The number of esters is 1. The van der Waals surface area contributed by atoms with Crippen molar-refractivity contribution in [2.24, 2.45) is 0 Å². The van der Waals surface area contributed by atoms with Crippen LogP contribution >= 0.6 is 15.9 Å². The van der Waals surface area contributed by atoms with E-state index in [9.17, 15) is 14.4 Å². The lowest BCUT2D eigenvalue weighted by atomic mass is 9.89. The van der Waals surface area contributed by atoms with E-state index in [0.29, 0.717) is 12.0 Å². The fourth-order valence-corrected chi connectivity index (χ4v) is 3.44.